The minimum Gasteiger partial charge on any atom is -0.444 e. The van der Waals surface area contributed by atoms with Crippen molar-refractivity contribution in [3.05, 3.63) is 24.3 Å². The quantitative estimate of drug-likeness (QED) is 0.586. The molecule has 10 heteroatoms. The van der Waals surface area contributed by atoms with Crippen molar-refractivity contribution >= 4 is 35.2 Å². The Morgan fingerprint density at radius 3 is 2.41 bits per heavy atom. The standard InChI is InChI=1S/C22H31N5O5/c1-22(2,3)32-21(31)27-11-9-26(10-12-27)19(29)14-23-15-5-4-6-16(13-15)24-17-7-8-18(28)25-20(17)30/h4-6,13,17,23-24H,7-12,14H2,1-3H3,(H,25,28,30). The van der Waals surface area contributed by atoms with Gasteiger partial charge in [-0.2, -0.15) is 0 Å². The smallest absolute Gasteiger partial charge is 0.410 e. The van der Waals surface area contributed by atoms with Crippen molar-refractivity contribution in [2.24, 2.45) is 0 Å². The first-order valence-electron chi connectivity index (χ1n) is 10.8. The number of piperazine rings is 1. The van der Waals surface area contributed by atoms with Crippen molar-refractivity contribution in [3.8, 4) is 0 Å². The lowest BCUT2D eigenvalue weighted by Crippen LogP contribution is -2.52. The summed E-state index contributed by atoms with van der Waals surface area (Å²) >= 11 is 0. The van der Waals surface area contributed by atoms with E-state index in [4.69, 9.17) is 4.74 Å². The highest BCUT2D eigenvalue weighted by Crippen LogP contribution is 2.18. The summed E-state index contributed by atoms with van der Waals surface area (Å²) in [6.45, 7) is 7.38. The predicted octanol–water partition coefficient (Wildman–Crippen LogP) is 1.39. The minimum absolute atomic E-state index is 0.0580. The second kappa shape index (κ2) is 9.88. The van der Waals surface area contributed by atoms with Gasteiger partial charge in [-0.3, -0.25) is 19.7 Å². The van der Waals surface area contributed by atoms with Crippen molar-refractivity contribution in [1.82, 2.24) is 15.1 Å². The molecular weight excluding hydrogens is 414 g/mol. The Labute approximate surface area is 187 Å². The molecule has 2 aliphatic rings. The Balaban J connectivity index is 1.45. The molecule has 4 amide bonds. The van der Waals surface area contributed by atoms with E-state index in [2.05, 4.69) is 16.0 Å². The number of imide groups is 1. The third-order valence-electron chi connectivity index (χ3n) is 5.17. The lowest BCUT2D eigenvalue weighted by Gasteiger charge is -2.35. The Bertz CT molecular complexity index is 874. The van der Waals surface area contributed by atoms with E-state index >= 15 is 0 Å². The zero-order chi connectivity index (χ0) is 23.3. The zero-order valence-electron chi connectivity index (χ0n) is 18.8. The van der Waals surface area contributed by atoms with E-state index in [1.807, 2.05) is 45.0 Å². The van der Waals surface area contributed by atoms with E-state index in [0.717, 1.165) is 11.4 Å². The molecule has 0 aliphatic carbocycles. The van der Waals surface area contributed by atoms with Crippen LogP contribution in [0.1, 0.15) is 33.6 Å². The van der Waals surface area contributed by atoms with Crippen LogP contribution in [0.3, 0.4) is 0 Å². The van der Waals surface area contributed by atoms with Crippen LogP contribution >= 0.6 is 0 Å². The van der Waals surface area contributed by atoms with E-state index in [-0.39, 0.29) is 30.4 Å². The fraction of sp³-hybridized carbons (Fsp3) is 0.545. The molecule has 32 heavy (non-hydrogen) atoms. The van der Waals surface area contributed by atoms with Crippen molar-refractivity contribution in [2.45, 2.75) is 45.3 Å². The molecule has 0 aromatic heterocycles. The summed E-state index contributed by atoms with van der Waals surface area (Å²) < 4.78 is 5.38. The van der Waals surface area contributed by atoms with E-state index in [0.29, 0.717) is 39.0 Å². The van der Waals surface area contributed by atoms with Gasteiger partial charge in [-0.15, -0.1) is 0 Å². The molecule has 1 unspecified atom stereocenters. The average molecular weight is 446 g/mol. The monoisotopic (exact) mass is 445 g/mol. The van der Waals surface area contributed by atoms with Crippen LogP contribution in [0.25, 0.3) is 0 Å². The Morgan fingerprint density at radius 1 is 1.09 bits per heavy atom. The Kier molecular flexibility index (Phi) is 7.22. The molecule has 0 bridgehead atoms. The third kappa shape index (κ3) is 6.60. The molecule has 1 aromatic rings. The number of rotatable bonds is 5. The number of amides is 4. The SMILES string of the molecule is CC(C)(C)OC(=O)N1CCN(C(=O)CNc2cccc(NC3CCC(=O)NC3=O)c2)CC1. The summed E-state index contributed by atoms with van der Waals surface area (Å²) in [5, 5.41) is 8.56. The number of ether oxygens (including phenoxy) is 1. The molecule has 0 radical (unpaired) electrons. The molecule has 10 nitrogen and oxygen atoms in total. The maximum atomic E-state index is 12.6. The number of piperidine rings is 1. The molecule has 0 spiro atoms. The first kappa shape index (κ1) is 23.4. The van der Waals surface area contributed by atoms with Crippen molar-refractivity contribution in [3.63, 3.8) is 0 Å². The number of anilines is 2. The first-order chi connectivity index (χ1) is 15.1. The highest BCUT2D eigenvalue weighted by atomic mass is 16.6. The van der Waals surface area contributed by atoms with E-state index < -0.39 is 11.6 Å². The van der Waals surface area contributed by atoms with Gasteiger partial charge in [-0.05, 0) is 45.4 Å². The molecule has 3 N–H and O–H groups in total. The molecule has 1 atom stereocenters. The predicted molar refractivity (Wildman–Crippen MR) is 119 cm³/mol. The lowest BCUT2D eigenvalue weighted by molar-refractivity contribution is -0.134. The number of carbonyl (C=O) groups excluding carboxylic acids is 4. The van der Waals surface area contributed by atoms with Gasteiger partial charge in [0, 0.05) is 44.0 Å². The van der Waals surface area contributed by atoms with Crippen LogP contribution < -0.4 is 16.0 Å². The fourth-order valence-corrected chi connectivity index (χ4v) is 3.51. The highest BCUT2D eigenvalue weighted by Gasteiger charge is 2.28. The van der Waals surface area contributed by atoms with Crippen molar-refractivity contribution < 1.29 is 23.9 Å². The summed E-state index contributed by atoms with van der Waals surface area (Å²) in [5.74, 6) is -0.647. The van der Waals surface area contributed by atoms with Gasteiger partial charge in [0.1, 0.15) is 11.6 Å². The van der Waals surface area contributed by atoms with Crippen LogP contribution in [0.15, 0.2) is 24.3 Å². The second-order valence-electron chi connectivity index (χ2n) is 8.93. The zero-order valence-corrected chi connectivity index (χ0v) is 18.8. The van der Waals surface area contributed by atoms with Gasteiger partial charge in [-0.1, -0.05) is 6.07 Å². The molecule has 1 aromatic carbocycles. The summed E-state index contributed by atoms with van der Waals surface area (Å²) in [5.41, 5.74) is 0.918. The molecule has 2 aliphatic heterocycles. The minimum atomic E-state index is -0.546. The Hall–Kier alpha value is -3.30. The van der Waals surface area contributed by atoms with Gasteiger partial charge in [0.05, 0.1) is 6.54 Å². The lowest BCUT2D eigenvalue weighted by atomic mass is 10.1. The summed E-state index contributed by atoms with van der Waals surface area (Å²) in [7, 11) is 0. The second-order valence-corrected chi connectivity index (χ2v) is 8.93. The largest absolute Gasteiger partial charge is 0.444 e. The molecule has 2 heterocycles. The Morgan fingerprint density at radius 2 is 1.75 bits per heavy atom. The first-order valence-corrected chi connectivity index (χ1v) is 10.8. The van der Waals surface area contributed by atoms with Gasteiger partial charge in [0.2, 0.25) is 17.7 Å². The number of nitrogens with one attached hydrogen (secondary N) is 3. The van der Waals surface area contributed by atoms with Crippen LogP contribution in [0.5, 0.6) is 0 Å². The number of benzene rings is 1. The summed E-state index contributed by atoms with van der Waals surface area (Å²) in [4.78, 5) is 51.3. The summed E-state index contributed by atoms with van der Waals surface area (Å²) in [6, 6.07) is 6.83. The summed E-state index contributed by atoms with van der Waals surface area (Å²) in [6.07, 6.45) is 0.385. The van der Waals surface area contributed by atoms with Gasteiger partial charge >= 0.3 is 6.09 Å². The number of hydrogen-bond acceptors (Lipinski definition) is 7. The maximum Gasteiger partial charge on any atom is 0.410 e. The molecule has 174 valence electrons. The maximum absolute atomic E-state index is 12.6. The van der Waals surface area contributed by atoms with Crippen LogP contribution in [0, 0.1) is 0 Å². The van der Waals surface area contributed by atoms with Crippen LogP contribution in [0.4, 0.5) is 16.2 Å². The van der Waals surface area contributed by atoms with Gasteiger partial charge < -0.3 is 25.2 Å². The van der Waals surface area contributed by atoms with E-state index in [9.17, 15) is 19.2 Å². The topological polar surface area (TPSA) is 120 Å². The molecule has 3 rings (SSSR count). The molecule has 2 fully saturated rings. The molecule has 0 saturated carbocycles. The van der Waals surface area contributed by atoms with E-state index in [1.54, 1.807) is 9.80 Å². The fourth-order valence-electron chi connectivity index (χ4n) is 3.51. The molecule has 2 saturated heterocycles. The van der Waals surface area contributed by atoms with Gasteiger partial charge in [-0.25, -0.2) is 4.79 Å². The molecular formula is C22H31N5O5. The van der Waals surface area contributed by atoms with Gasteiger partial charge in [0.15, 0.2) is 0 Å². The number of nitrogens with zero attached hydrogens (tertiary/aromatic N) is 2. The van der Waals surface area contributed by atoms with E-state index in [1.165, 1.54) is 0 Å². The normalized spacial score (nSPS) is 19.3. The van der Waals surface area contributed by atoms with Crippen LogP contribution in [-0.2, 0) is 19.1 Å². The van der Waals surface area contributed by atoms with Crippen LogP contribution in [-0.4, -0.2) is 78.0 Å². The van der Waals surface area contributed by atoms with Gasteiger partial charge in [0.25, 0.3) is 0 Å². The number of carbonyl (C=O) groups is 4. The van der Waals surface area contributed by atoms with Crippen molar-refractivity contribution in [2.75, 3.05) is 43.4 Å². The third-order valence-corrected chi connectivity index (χ3v) is 5.17. The number of hydrogen-bond donors (Lipinski definition) is 3. The average Bonchev–Trinajstić information content (AvgIpc) is 2.73. The van der Waals surface area contributed by atoms with Crippen molar-refractivity contribution in [1.29, 1.82) is 0 Å². The van der Waals surface area contributed by atoms with Crippen LogP contribution in [0.2, 0.25) is 0 Å². The highest BCUT2D eigenvalue weighted by molar-refractivity contribution is 6.01.